The number of aromatic nitrogens is 3. The summed E-state index contributed by atoms with van der Waals surface area (Å²) in [5, 5.41) is 37.4. The Balaban J connectivity index is 1.80. The van der Waals surface area contributed by atoms with Gasteiger partial charge < -0.3 is 47.0 Å². The first-order valence-electron chi connectivity index (χ1n) is 12.3. The molecule has 2 aromatic heterocycles. The number of para-hydroxylation sites is 1. The molecule has 0 saturated heterocycles. The smallest absolute Gasteiger partial charge is 0.328 e. The van der Waals surface area contributed by atoms with E-state index in [9.17, 15) is 34.5 Å². The van der Waals surface area contributed by atoms with Crippen molar-refractivity contribution in [2.75, 3.05) is 0 Å². The van der Waals surface area contributed by atoms with Gasteiger partial charge in [-0.15, -0.1) is 0 Å². The molecule has 3 aromatic rings. The van der Waals surface area contributed by atoms with Crippen molar-refractivity contribution in [2.24, 2.45) is 5.73 Å². The number of carboxylic acids is 1. The maximum absolute atomic E-state index is 13.2. The fourth-order valence-corrected chi connectivity index (χ4v) is 4.03. The van der Waals surface area contributed by atoms with Crippen molar-refractivity contribution in [3.8, 4) is 0 Å². The number of nitrogens with two attached hydrogens (primary N) is 1. The van der Waals surface area contributed by atoms with Gasteiger partial charge in [-0.1, -0.05) is 18.2 Å². The molecule has 0 aliphatic heterocycles. The summed E-state index contributed by atoms with van der Waals surface area (Å²) in [6.07, 6.45) is 1.83. The van der Waals surface area contributed by atoms with Crippen LogP contribution < -0.4 is 21.7 Å². The summed E-state index contributed by atoms with van der Waals surface area (Å²) >= 11 is 0. The largest absolute Gasteiger partial charge is 0.480 e. The van der Waals surface area contributed by atoms with Crippen molar-refractivity contribution in [3.05, 3.63) is 54.2 Å². The van der Waals surface area contributed by atoms with Gasteiger partial charge in [-0.2, -0.15) is 0 Å². The normalized spacial score (nSPS) is 15.9. The maximum Gasteiger partial charge on any atom is 0.328 e. The van der Waals surface area contributed by atoms with E-state index in [1.807, 2.05) is 18.2 Å². The lowest BCUT2D eigenvalue weighted by Gasteiger charge is -2.27. The molecule has 6 unspecified atom stereocenters. The first-order valence-corrected chi connectivity index (χ1v) is 12.3. The number of imidazole rings is 1. The number of hydrogen-bond donors (Lipinski definition) is 9. The number of aromatic amines is 2. The van der Waals surface area contributed by atoms with Crippen LogP contribution >= 0.6 is 0 Å². The first-order chi connectivity index (χ1) is 18.5. The Kier molecular flexibility index (Phi) is 9.76. The van der Waals surface area contributed by atoms with Crippen molar-refractivity contribution in [1.29, 1.82) is 0 Å². The first kappa shape index (κ1) is 29.3. The number of aliphatic carboxylic acids is 1. The number of rotatable bonds is 13. The number of amides is 3. The Hall–Kier alpha value is -4.27. The highest BCUT2D eigenvalue weighted by Crippen LogP contribution is 2.19. The third-order valence-electron chi connectivity index (χ3n) is 6.17. The van der Waals surface area contributed by atoms with Crippen LogP contribution in [0.15, 0.2) is 43.0 Å². The van der Waals surface area contributed by atoms with E-state index in [1.54, 1.807) is 12.3 Å². The van der Waals surface area contributed by atoms with Crippen LogP contribution in [0.5, 0.6) is 0 Å². The molecule has 0 aliphatic carbocycles. The zero-order valence-corrected chi connectivity index (χ0v) is 21.4. The molecule has 0 radical (unpaired) electrons. The van der Waals surface area contributed by atoms with Crippen LogP contribution in [0, 0.1) is 0 Å². The summed E-state index contributed by atoms with van der Waals surface area (Å²) in [5.74, 6) is -3.95. The van der Waals surface area contributed by atoms with Crippen LogP contribution in [-0.2, 0) is 32.0 Å². The van der Waals surface area contributed by atoms with E-state index in [-0.39, 0.29) is 12.8 Å². The van der Waals surface area contributed by atoms with Crippen molar-refractivity contribution < 1.29 is 34.5 Å². The lowest BCUT2D eigenvalue weighted by Crippen LogP contribution is -2.61. The van der Waals surface area contributed by atoms with Crippen LogP contribution in [0.1, 0.15) is 25.1 Å². The second-order valence-corrected chi connectivity index (χ2v) is 9.30. The fourth-order valence-electron chi connectivity index (χ4n) is 4.03. The second-order valence-electron chi connectivity index (χ2n) is 9.30. The Morgan fingerprint density at radius 2 is 1.59 bits per heavy atom. The number of carboxylic acid groups (broad SMARTS) is 1. The monoisotopic (exact) mass is 543 g/mol. The highest BCUT2D eigenvalue weighted by Gasteiger charge is 2.34. The molecule has 3 amide bonds. The van der Waals surface area contributed by atoms with Gasteiger partial charge in [-0.05, 0) is 25.5 Å². The van der Waals surface area contributed by atoms with Gasteiger partial charge in [0.25, 0.3) is 0 Å². The van der Waals surface area contributed by atoms with Crippen LogP contribution in [0.4, 0.5) is 0 Å². The van der Waals surface area contributed by atoms with E-state index in [4.69, 9.17) is 5.73 Å². The van der Waals surface area contributed by atoms with Crippen molar-refractivity contribution in [3.63, 3.8) is 0 Å². The minimum atomic E-state index is -1.63. The van der Waals surface area contributed by atoms with E-state index < -0.39 is 60.1 Å². The third kappa shape index (κ3) is 7.63. The molecule has 39 heavy (non-hydrogen) atoms. The number of carbonyl (C=O) groups excluding carboxylic acids is 3. The van der Waals surface area contributed by atoms with E-state index in [1.165, 1.54) is 26.4 Å². The van der Waals surface area contributed by atoms with Crippen LogP contribution in [0.25, 0.3) is 10.9 Å². The number of benzene rings is 1. The van der Waals surface area contributed by atoms with Crippen molar-refractivity contribution in [2.45, 2.75) is 63.1 Å². The number of carbonyl (C=O) groups is 4. The summed E-state index contributed by atoms with van der Waals surface area (Å²) in [6, 6.07) is 1.76. The highest BCUT2D eigenvalue weighted by molar-refractivity contribution is 5.95. The van der Waals surface area contributed by atoms with Crippen LogP contribution in [0.2, 0.25) is 0 Å². The predicted octanol–water partition coefficient (Wildman–Crippen LogP) is -1.70. The predicted molar refractivity (Wildman–Crippen MR) is 139 cm³/mol. The van der Waals surface area contributed by atoms with E-state index in [2.05, 4.69) is 30.9 Å². The van der Waals surface area contributed by atoms with Gasteiger partial charge in [0.2, 0.25) is 17.7 Å². The third-order valence-corrected chi connectivity index (χ3v) is 6.17. The molecule has 0 bridgehead atoms. The lowest BCUT2D eigenvalue weighted by molar-refractivity contribution is -0.145. The lowest BCUT2D eigenvalue weighted by atomic mass is 10.0. The highest BCUT2D eigenvalue weighted by atomic mass is 16.4. The molecule has 0 aliphatic rings. The zero-order valence-electron chi connectivity index (χ0n) is 21.4. The molecule has 2 heterocycles. The van der Waals surface area contributed by atoms with E-state index >= 15 is 0 Å². The van der Waals surface area contributed by atoms with E-state index in [0.717, 1.165) is 10.9 Å². The number of aliphatic hydroxyl groups is 2. The minimum absolute atomic E-state index is 0.0620. The zero-order chi connectivity index (χ0) is 28.7. The molecular formula is C25H33N7O7. The molecular weight excluding hydrogens is 510 g/mol. The Labute approximate surface area is 223 Å². The van der Waals surface area contributed by atoms with Gasteiger partial charge in [0, 0.05) is 41.8 Å². The summed E-state index contributed by atoms with van der Waals surface area (Å²) < 4.78 is 0. The summed E-state index contributed by atoms with van der Waals surface area (Å²) in [5.41, 5.74) is 7.97. The van der Waals surface area contributed by atoms with Gasteiger partial charge in [-0.25, -0.2) is 9.78 Å². The van der Waals surface area contributed by atoms with Gasteiger partial charge >= 0.3 is 5.97 Å². The molecule has 1 aromatic carbocycles. The van der Waals surface area contributed by atoms with E-state index in [0.29, 0.717) is 11.3 Å². The van der Waals surface area contributed by atoms with Crippen LogP contribution in [-0.4, -0.2) is 90.3 Å². The fraction of sp³-hybridized carbons (Fsp3) is 0.400. The molecule has 10 N–H and O–H groups in total. The van der Waals surface area contributed by atoms with Crippen LogP contribution in [0.3, 0.4) is 0 Å². The molecule has 3 rings (SSSR count). The number of nitrogens with one attached hydrogen (secondary N) is 5. The molecule has 14 nitrogen and oxygen atoms in total. The summed E-state index contributed by atoms with van der Waals surface area (Å²) in [7, 11) is 0. The number of fused-ring (bicyclic) bond motifs is 1. The molecule has 0 spiro atoms. The number of nitrogens with zero attached hydrogens (tertiary/aromatic N) is 1. The van der Waals surface area contributed by atoms with Gasteiger partial charge in [0.1, 0.15) is 12.1 Å². The molecule has 14 heteroatoms. The number of H-pyrrole nitrogens is 2. The Morgan fingerprint density at radius 1 is 0.923 bits per heavy atom. The molecule has 210 valence electrons. The second kappa shape index (κ2) is 13.0. The maximum atomic E-state index is 13.2. The standard InChI is InChI=1S/C25H33N7O7/c1-12(33)20(31-22(35)17(26)8-15-10-27-11-29-15)24(37)30-19(23(36)32-21(13(2)34)25(38)39)7-14-9-28-18-6-4-3-5-16(14)18/h3-6,9-13,17,19-21,28,33-34H,7-8,26H2,1-2H3,(H,27,29)(H,30,37)(H,31,35)(H,32,36)(H,38,39). The average Bonchev–Trinajstić information content (AvgIpc) is 3.54. The molecule has 0 fully saturated rings. The minimum Gasteiger partial charge on any atom is -0.480 e. The molecule has 0 saturated carbocycles. The van der Waals surface area contributed by atoms with Crippen molar-refractivity contribution >= 4 is 34.6 Å². The molecule has 6 atom stereocenters. The number of hydrogen-bond acceptors (Lipinski definition) is 8. The quantitative estimate of drug-likeness (QED) is 0.119. The van der Waals surface area contributed by atoms with Crippen molar-refractivity contribution in [1.82, 2.24) is 30.9 Å². The number of aliphatic hydroxyl groups excluding tert-OH is 2. The Bertz CT molecular complexity index is 1290. The van der Waals surface area contributed by atoms with Gasteiger partial charge in [-0.3, -0.25) is 14.4 Å². The average molecular weight is 544 g/mol. The topological polar surface area (TPSA) is 236 Å². The summed E-state index contributed by atoms with van der Waals surface area (Å²) in [4.78, 5) is 60.3. The summed E-state index contributed by atoms with van der Waals surface area (Å²) in [6.45, 7) is 2.49. The van der Waals surface area contributed by atoms with Gasteiger partial charge in [0.05, 0.1) is 24.6 Å². The Morgan fingerprint density at radius 3 is 2.21 bits per heavy atom. The SMILES string of the molecule is CC(O)C(NC(=O)C(Cc1c[nH]c2ccccc12)NC(=O)C(NC(=O)C(N)Cc1cnc[nH]1)C(C)O)C(=O)O. The van der Waals surface area contributed by atoms with Gasteiger partial charge in [0.15, 0.2) is 6.04 Å².